The van der Waals surface area contributed by atoms with E-state index in [1.807, 2.05) is 42.5 Å². The van der Waals surface area contributed by atoms with Gasteiger partial charge < -0.3 is 15.7 Å². The van der Waals surface area contributed by atoms with Crippen LogP contribution in [-0.4, -0.2) is 34.6 Å². The number of amides is 2. The first-order valence-electron chi connectivity index (χ1n) is 8.25. The second-order valence-electron chi connectivity index (χ2n) is 5.87. The van der Waals surface area contributed by atoms with Crippen molar-refractivity contribution >= 4 is 28.4 Å². The zero-order valence-corrected chi connectivity index (χ0v) is 14.1. The number of nitrogens with zero attached hydrogens (tertiary/aromatic N) is 1. The fraction of sp³-hybridized carbons (Fsp3) is 0.150. The summed E-state index contributed by atoms with van der Waals surface area (Å²) >= 11 is 0. The van der Waals surface area contributed by atoms with Crippen LogP contribution >= 0.6 is 0 Å². The van der Waals surface area contributed by atoms with Gasteiger partial charge in [0.2, 0.25) is 11.8 Å². The Morgan fingerprint density at radius 1 is 1.04 bits per heavy atom. The number of aliphatic hydroxyl groups is 1. The van der Waals surface area contributed by atoms with E-state index in [0.29, 0.717) is 5.69 Å². The van der Waals surface area contributed by atoms with Crippen molar-refractivity contribution < 1.29 is 14.7 Å². The molecule has 1 atom stereocenters. The van der Waals surface area contributed by atoms with Crippen LogP contribution in [0.1, 0.15) is 5.56 Å². The van der Waals surface area contributed by atoms with Gasteiger partial charge in [-0.25, -0.2) is 0 Å². The highest BCUT2D eigenvalue weighted by Gasteiger charge is 2.20. The van der Waals surface area contributed by atoms with E-state index in [0.717, 1.165) is 16.5 Å². The predicted molar refractivity (Wildman–Crippen MR) is 99.5 cm³/mol. The van der Waals surface area contributed by atoms with E-state index in [-0.39, 0.29) is 12.3 Å². The van der Waals surface area contributed by atoms with Gasteiger partial charge in [-0.05, 0) is 29.8 Å². The number of rotatable bonds is 6. The maximum atomic E-state index is 12.4. The molecule has 0 saturated heterocycles. The van der Waals surface area contributed by atoms with Gasteiger partial charge in [0.25, 0.3) is 0 Å². The molecule has 1 heterocycles. The number of aliphatic hydroxyl groups excluding tert-OH is 1. The van der Waals surface area contributed by atoms with Gasteiger partial charge >= 0.3 is 0 Å². The van der Waals surface area contributed by atoms with Crippen LogP contribution in [0.15, 0.2) is 66.9 Å². The molecule has 3 aromatic rings. The molecule has 2 aromatic carbocycles. The normalized spacial score (nSPS) is 11.7. The summed E-state index contributed by atoms with van der Waals surface area (Å²) in [6.07, 6.45) is 1.84. The van der Waals surface area contributed by atoms with Crippen LogP contribution in [0.4, 0.5) is 5.69 Å². The first-order valence-corrected chi connectivity index (χ1v) is 8.25. The number of nitrogens with one attached hydrogen (secondary N) is 2. The molecule has 0 saturated carbocycles. The van der Waals surface area contributed by atoms with Crippen LogP contribution in [0.3, 0.4) is 0 Å². The Bertz CT molecular complexity index is 912. The number of pyridine rings is 1. The summed E-state index contributed by atoms with van der Waals surface area (Å²) in [5.41, 5.74) is 2.23. The van der Waals surface area contributed by atoms with Crippen LogP contribution < -0.4 is 10.6 Å². The lowest BCUT2D eigenvalue weighted by Crippen LogP contribution is -2.46. The molecule has 6 heteroatoms. The van der Waals surface area contributed by atoms with Gasteiger partial charge in [0.15, 0.2) is 0 Å². The largest absolute Gasteiger partial charge is 0.394 e. The van der Waals surface area contributed by atoms with Crippen molar-refractivity contribution in [2.45, 2.75) is 12.5 Å². The summed E-state index contributed by atoms with van der Waals surface area (Å²) < 4.78 is 0. The van der Waals surface area contributed by atoms with E-state index in [9.17, 15) is 14.7 Å². The summed E-state index contributed by atoms with van der Waals surface area (Å²) in [5, 5.41) is 15.6. The van der Waals surface area contributed by atoms with Gasteiger partial charge in [-0.3, -0.25) is 14.6 Å². The molecule has 0 fully saturated rings. The average molecular weight is 349 g/mol. The molecule has 1 aromatic heterocycles. The maximum Gasteiger partial charge on any atom is 0.249 e. The van der Waals surface area contributed by atoms with Gasteiger partial charge in [0.1, 0.15) is 6.04 Å². The number of benzene rings is 2. The predicted octanol–water partition coefficient (Wildman–Crippen LogP) is 1.89. The van der Waals surface area contributed by atoms with Gasteiger partial charge in [0, 0.05) is 17.3 Å². The Hall–Kier alpha value is -3.25. The Morgan fingerprint density at radius 3 is 2.62 bits per heavy atom. The molecule has 2 amide bonds. The quantitative estimate of drug-likeness (QED) is 0.634. The standard InChI is InChI=1S/C20H19N3O3/c24-13-18(23-19(25)11-14-5-2-1-3-6-14)20(26)22-16-8-9-17-15(12-16)7-4-10-21-17/h1-10,12,18,24H,11,13H2,(H,22,26)(H,23,25). The van der Waals surface area contributed by atoms with Gasteiger partial charge in [-0.15, -0.1) is 0 Å². The molecule has 26 heavy (non-hydrogen) atoms. The molecule has 0 aliphatic rings. The molecule has 0 radical (unpaired) electrons. The van der Waals surface area contributed by atoms with Gasteiger partial charge in [-0.2, -0.15) is 0 Å². The van der Waals surface area contributed by atoms with Crippen molar-refractivity contribution in [2.24, 2.45) is 0 Å². The van der Waals surface area contributed by atoms with Gasteiger partial charge in [-0.1, -0.05) is 36.4 Å². The van der Waals surface area contributed by atoms with Crippen molar-refractivity contribution in [3.8, 4) is 0 Å². The molecule has 132 valence electrons. The van der Waals surface area contributed by atoms with E-state index >= 15 is 0 Å². The number of anilines is 1. The van der Waals surface area contributed by atoms with Crippen LogP contribution in [0.2, 0.25) is 0 Å². The number of carbonyl (C=O) groups is 2. The summed E-state index contributed by atoms with van der Waals surface area (Å²) in [6.45, 7) is -0.485. The molecule has 3 rings (SSSR count). The summed E-state index contributed by atoms with van der Waals surface area (Å²) in [7, 11) is 0. The number of hydrogen-bond acceptors (Lipinski definition) is 4. The van der Waals surface area contributed by atoms with E-state index in [1.165, 1.54) is 0 Å². The minimum absolute atomic E-state index is 0.145. The van der Waals surface area contributed by atoms with Crippen molar-refractivity contribution in [3.63, 3.8) is 0 Å². The molecule has 6 nitrogen and oxygen atoms in total. The third kappa shape index (κ3) is 4.43. The monoisotopic (exact) mass is 349 g/mol. The Morgan fingerprint density at radius 2 is 1.85 bits per heavy atom. The van der Waals surface area contributed by atoms with Crippen molar-refractivity contribution in [1.29, 1.82) is 0 Å². The molecule has 0 aliphatic heterocycles. The van der Waals surface area contributed by atoms with Gasteiger partial charge in [0.05, 0.1) is 18.5 Å². The van der Waals surface area contributed by atoms with E-state index in [1.54, 1.807) is 24.4 Å². The fourth-order valence-electron chi connectivity index (χ4n) is 2.60. The van der Waals surface area contributed by atoms with E-state index in [2.05, 4.69) is 15.6 Å². The number of carbonyl (C=O) groups excluding carboxylic acids is 2. The third-order valence-electron chi connectivity index (χ3n) is 3.91. The van der Waals surface area contributed by atoms with E-state index in [4.69, 9.17) is 0 Å². The average Bonchev–Trinajstić information content (AvgIpc) is 2.66. The minimum Gasteiger partial charge on any atom is -0.394 e. The van der Waals surface area contributed by atoms with Crippen LogP contribution in [-0.2, 0) is 16.0 Å². The highest BCUT2D eigenvalue weighted by molar-refractivity contribution is 5.98. The topological polar surface area (TPSA) is 91.3 Å². The highest BCUT2D eigenvalue weighted by atomic mass is 16.3. The molecule has 0 aliphatic carbocycles. The van der Waals surface area contributed by atoms with Crippen LogP contribution in [0.25, 0.3) is 10.9 Å². The number of hydrogen-bond donors (Lipinski definition) is 3. The summed E-state index contributed by atoms with van der Waals surface area (Å²) in [5.74, 6) is -0.801. The first kappa shape index (κ1) is 17.6. The SMILES string of the molecule is O=C(Cc1ccccc1)NC(CO)C(=O)Nc1ccc2ncccc2c1. The minimum atomic E-state index is -1.02. The zero-order valence-electron chi connectivity index (χ0n) is 14.1. The number of aromatic nitrogens is 1. The van der Waals surface area contributed by atoms with Crippen molar-refractivity contribution in [3.05, 3.63) is 72.4 Å². The van der Waals surface area contributed by atoms with Crippen LogP contribution in [0, 0.1) is 0 Å². The lowest BCUT2D eigenvalue weighted by Gasteiger charge is -2.16. The van der Waals surface area contributed by atoms with Crippen molar-refractivity contribution in [1.82, 2.24) is 10.3 Å². The second-order valence-corrected chi connectivity index (χ2v) is 5.87. The molecule has 0 spiro atoms. The molecular formula is C20H19N3O3. The highest BCUT2D eigenvalue weighted by Crippen LogP contribution is 2.17. The lowest BCUT2D eigenvalue weighted by atomic mass is 10.1. The maximum absolute atomic E-state index is 12.4. The Kier molecular flexibility index (Phi) is 5.56. The lowest BCUT2D eigenvalue weighted by molar-refractivity contribution is -0.126. The molecular weight excluding hydrogens is 330 g/mol. The van der Waals surface area contributed by atoms with Crippen molar-refractivity contribution in [2.75, 3.05) is 11.9 Å². The molecule has 3 N–H and O–H groups in total. The van der Waals surface area contributed by atoms with E-state index < -0.39 is 18.6 Å². The smallest absolute Gasteiger partial charge is 0.249 e. The first-order chi connectivity index (χ1) is 12.7. The second kappa shape index (κ2) is 8.22. The number of fused-ring (bicyclic) bond motifs is 1. The Balaban J connectivity index is 1.63. The van der Waals surface area contributed by atoms with Crippen LogP contribution in [0.5, 0.6) is 0 Å². The zero-order chi connectivity index (χ0) is 18.4. The third-order valence-corrected chi connectivity index (χ3v) is 3.91. The fourth-order valence-corrected chi connectivity index (χ4v) is 2.60. The Labute approximate surface area is 150 Å². The molecule has 1 unspecified atom stereocenters. The molecule has 0 bridgehead atoms. The summed E-state index contributed by atoms with van der Waals surface area (Å²) in [6, 6.07) is 17.2. The summed E-state index contributed by atoms with van der Waals surface area (Å²) in [4.78, 5) is 28.7.